The SMILES string of the molecule is COc1ccc(CSc2cnc(Nc3nc(C)cs3)c(Oc3ccccc3)c2)cc1. The van der Waals surface area contributed by atoms with Gasteiger partial charge in [-0.15, -0.1) is 23.1 Å². The number of pyridine rings is 1. The standard InChI is InChI=1S/C23H21N3O2S2/c1-16-14-30-23(25-16)26-22-21(28-19-6-4-3-5-7-19)12-20(13-24-22)29-15-17-8-10-18(27-2)11-9-17/h3-14H,15H2,1-2H3,(H,24,25,26). The third-order valence-electron chi connectivity index (χ3n) is 4.21. The quantitative estimate of drug-likeness (QED) is 0.311. The number of benzene rings is 2. The Labute approximate surface area is 184 Å². The number of hydrogen-bond donors (Lipinski definition) is 1. The van der Waals surface area contributed by atoms with Crippen LogP contribution in [-0.2, 0) is 5.75 Å². The van der Waals surface area contributed by atoms with Crippen LogP contribution in [0.1, 0.15) is 11.3 Å². The molecule has 0 amide bonds. The lowest BCUT2D eigenvalue weighted by Gasteiger charge is -2.12. The molecule has 0 radical (unpaired) electrons. The second kappa shape index (κ2) is 9.65. The number of thiazole rings is 1. The zero-order chi connectivity index (χ0) is 20.8. The number of aryl methyl sites for hydroxylation is 1. The van der Waals surface area contributed by atoms with Gasteiger partial charge in [-0.05, 0) is 42.8 Å². The van der Waals surface area contributed by atoms with Gasteiger partial charge in [-0.25, -0.2) is 9.97 Å². The average molecular weight is 436 g/mol. The van der Waals surface area contributed by atoms with E-state index in [1.165, 1.54) is 5.56 Å². The Bertz CT molecular complexity index is 1100. The van der Waals surface area contributed by atoms with Crippen molar-refractivity contribution in [2.45, 2.75) is 17.6 Å². The second-order valence-electron chi connectivity index (χ2n) is 6.49. The van der Waals surface area contributed by atoms with E-state index < -0.39 is 0 Å². The fourth-order valence-electron chi connectivity index (χ4n) is 2.69. The molecule has 0 aliphatic carbocycles. The number of anilines is 2. The van der Waals surface area contributed by atoms with Gasteiger partial charge >= 0.3 is 0 Å². The summed E-state index contributed by atoms with van der Waals surface area (Å²) in [7, 11) is 1.67. The van der Waals surface area contributed by atoms with Gasteiger partial charge in [0.1, 0.15) is 11.5 Å². The number of para-hydroxylation sites is 1. The van der Waals surface area contributed by atoms with Gasteiger partial charge in [0.05, 0.1) is 12.8 Å². The van der Waals surface area contributed by atoms with E-state index in [0.717, 1.165) is 33.0 Å². The molecule has 4 aromatic rings. The van der Waals surface area contributed by atoms with Gasteiger partial charge in [0.2, 0.25) is 0 Å². The van der Waals surface area contributed by atoms with Crippen molar-refractivity contribution in [3.05, 3.63) is 83.5 Å². The molecule has 2 aromatic carbocycles. The maximum atomic E-state index is 6.13. The van der Waals surface area contributed by atoms with Crippen molar-refractivity contribution in [1.29, 1.82) is 0 Å². The molecule has 5 nitrogen and oxygen atoms in total. The Kier molecular flexibility index (Phi) is 6.51. The molecular formula is C23H21N3O2S2. The van der Waals surface area contributed by atoms with Crippen LogP contribution >= 0.6 is 23.1 Å². The summed E-state index contributed by atoms with van der Waals surface area (Å²) in [6.07, 6.45) is 1.86. The maximum Gasteiger partial charge on any atom is 0.188 e. The number of nitrogens with zero attached hydrogens (tertiary/aromatic N) is 2. The van der Waals surface area contributed by atoms with Crippen molar-refractivity contribution in [2.24, 2.45) is 0 Å². The van der Waals surface area contributed by atoms with Crippen LogP contribution in [0.3, 0.4) is 0 Å². The number of nitrogens with one attached hydrogen (secondary N) is 1. The summed E-state index contributed by atoms with van der Waals surface area (Å²) in [5.41, 5.74) is 2.19. The average Bonchev–Trinajstić information content (AvgIpc) is 3.19. The zero-order valence-electron chi connectivity index (χ0n) is 16.7. The van der Waals surface area contributed by atoms with Gasteiger partial charge in [-0.1, -0.05) is 30.3 Å². The van der Waals surface area contributed by atoms with Gasteiger partial charge in [0.15, 0.2) is 16.7 Å². The molecule has 0 unspecified atom stereocenters. The Hall–Kier alpha value is -3.03. The smallest absolute Gasteiger partial charge is 0.188 e. The first kappa shape index (κ1) is 20.3. The third kappa shape index (κ3) is 5.31. The van der Waals surface area contributed by atoms with E-state index in [9.17, 15) is 0 Å². The van der Waals surface area contributed by atoms with Gasteiger partial charge in [-0.2, -0.15) is 0 Å². The monoisotopic (exact) mass is 435 g/mol. The highest BCUT2D eigenvalue weighted by molar-refractivity contribution is 7.98. The number of methoxy groups -OCH3 is 1. The molecule has 1 N–H and O–H groups in total. The predicted molar refractivity (Wildman–Crippen MR) is 123 cm³/mol. The molecule has 30 heavy (non-hydrogen) atoms. The molecule has 0 aliphatic rings. The number of aromatic nitrogens is 2. The molecule has 0 spiro atoms. The minimum Gasteiger partial charge on any atom is -0.497 e. The van der Waals surface area contributed by atoms with Crippen LogP contribution in [0, 0.1) is 6.92 Å². The molecule has 0 aliphatic heterocycles. The van der Waals surface area contributed by atoms with Gasteiger partial charge in [0, 0.05) is 22.2 Å². The number of thioether (sulfide) groups is 1. The lowest BCUT2D eigenvalue weighted by atomic mass is 10.2. The van der Waals surface area contributed by atoms with Crippen LogP contribution in [0.5, 0.6) is 17.2 Å². The van der Waals surface area contributed by atoms with Crippen LogP contribution in [0.25, 0.3) is 0 Å². The highest BCUT2D eigenvalue weighted by Gasteiger charge is 2.11. The lowest BCUT2D eigenvalue weighted by molar-refractivity contribution is 0.414. The van der Waals surface area contributed by atoms with Crippen LogP contribution in [0.2, 0.25) is 0 Å². The topological polar surface area (TPSA) is 56.3 Å². The van der Waals surface area contributed by atoms with E-state index >= 15 is 0 Å². The number of rotatable bonds is 8. The Morgan fingerprint density at radius 1 is 1.03 bits per heavy atom. The molecule has 0 saturated carbocycles. The summed E-state index contributed by atoms with van der Waals surface area (Å²) < 4.78 is 11.4. The number of hydrogen-bond acceptors (Lipinski definition) is 7. The molecule has 4 rings (SSSR count). The molecule has 0 fully saturated rings. The van der Waals surface area contributed by atoms with Crippen LogP contribution < -0.4 is 14.8 Å². The van der Waals surface area contributed by atoms with E-state index in [2.05, 4.69) is 27.4 Å². The zero-order valence-corrected chi connectivity index (χ0v) is 18.3. The fraction of sp³-hybridized carbons (Fsp3) is 0.130. The van der Waals surface area contributed by atoms with E-state index in [1.807, 2.05) is 67.0 Å². The highest BCUT2D eigenvalue weighted by atomic mass is 32.2. The first-order valence-corrected chi connectivity index (χ1v) is 11.2. The normalized spacial score (nSPS) is 10.6. The summed E-state index contributed by atoms with van der Waals surface area (Å²) in [6, 6.07) is 19.8. The molecule has 0 atom stereocenters. The summed E-state index contributed by atoms with van der Waals surface area (Å²) in [4.78, 5) is 10.1. The molecule has 2 heterocycles. The largest absolute Gasteiger partial charge is 0.497 e. The van der Waals surface area contributed by atoms with Crippen LogP contribution in [-0.4, -0.2) is 17.1 Å². The van der Waals surface area contributed by atoms with Crippen molar-refractivity contribution >= 4 is 34.0 Å². The molecule has 0 bridgehead atoms. The molecule has 2 aromatic heterocycles. The predicted octanol–water partition coefficient (Wildman–Crippen LogP) is 6.68. The fourth-order valence-corrected chi connectivity index (χ4v) is 4.22. The third-order valence-corrected chi connectivity index (χ3v) is 6.12. The highest BCUT2D eigenvalue weighted by Crippen LogP contribution is 2.35. The van der Waals surface area contributed by atoms with Gasteiger partial charge < -0.3 is 14.8 Å². The molecule has 152 valence electrons. The number of ether oxygens (including phenoxy) is 2. The van der Waals surface area contributed by atoms with Gasteiger partial charge in [0.25, 0.3) is 0 Å². The summed E-state index contributed by atoms with van der Waals surface area (Å²) in [5, 5.41) is 6.06. The second-order valence-corrected chi connectivity index (χ2v) is 8.40. The van der Waals surface area contributed by atoms with Gasteiger partial charge in [-0.3, -0.25) is 0 Å². The minimum atomic E-state index is 0.641. The molecule has 7 heteroatoms. The van der Waals surface area contributed by atoms with Crippen molar-refractivity contribution in [3.8, 4) is 17.2 Å². The Balaban J connectivity index is 1.54. The maximum absolute atomic E-state index is 6.13. The molecule has 0 saturated heterocycles. The van der Waals surface area contributed by atoms with E-state index in [0.29, 0.717) is 11.6 Å². The first-order chi connectivity index (χ1) is 14.7. The van der Waals surface area contributed by atoms with E-state index in [1.54, 1.807) is 30.2 Å². The van der Waals surface area contributed by atoms with Crippen molar-refractivity contribution in [1.82, 2.24) is 9.97 Å². The van der Waals surface area contributed by atoms with Crippen LogP contribution in [0.15, 0.2) is 77.1 Å². The van der Waals surface area contributed by atoms with E-state index in [4.69, 9.17) is 9.47 Å². The van der Waals surface area contributed by atoms with E-state index in [-0.39, 0.29) is 0 Å². The lowest BCUT2D eigenvalue weighted by Crippen LogP contribution is -1.97. The minimum absolute atomic E-state index is 0.641. The summed E-state index contributed by atoms with van der Waals surface area (Å²) >= 11 is 3.25. The van der Waals surface area contributed by atoms with Crippen molar-refractivity contribution in [3.63, 3.8) is 0 Å². The Morgan fingerprint density at radius 2 is 1.83 bits per heavy atom. The Morgan fingerprint density at radius 3 is 2.53 bits per heavy atom. The van der Waals surface area contributed by atoms with Crippen molar-refractivity contribution < 1.29 is 9.47 Å². The first-order valence-electron chi connectivity index (χ1n) is 9.37. The van der Waals surface area contributed by atoms with Crippen LogP contribution in [0.4, 0.5) is 10.9 Å². The molecular weight excluding hydrogens is 414 g/mol. The summed E-state index contributed by atoms with van der Waals surface area (Å²) in [5.74, 6) is 3.75. The summed E-state index contributed by atoms with van der Waals surface area (Å²) in [6.45, 7) is 1.97. The van der Waals surface area contributed by atoms with Crippen molar-refractivity contribution in [2.75, 3.05) is 12.4 Å².